The van der Waals surface area contributed by atoms with Gasteiger partial charge in [0, 0.05) is 29.3 Å². The third-order valence-electron chi connectivity index (χ3n) is 3.39. The van der Waals surface area contributed by atoms with Gasteiger partial charge in [-0.3, -0.25) is 9.78 Å². The summed E-state index contributed by atoms with van der Waals surface area (Å²) in [5.41, 5.74) is 1.10. The molecule has 0 saturated carbocycles. The average molecular weight is 381 g/mol. The standard InChI is InChI=1S/C16H14Cl2N4OS/c17-16-14(11-21(20-16)12-4-2-8-19-10-12)22(18)15(23)7-1-5-13-6-3-9-24-13/h2-4,6,8-11H,1,5,7H2. The number of hydrogen-bond acceptors (Lipinski definition) is 4. The maximum Gasteiger partial charge on any atom is 0.241 e. The number of nitrogens with zero attached hydrogens (tertiary/aromatic N) is 4. The summed E-state index contributed by atoms with van der Waals surface area (Å²) >= 11 is 14.0. The second kappa shape index (κ2) is 7.79. The Morgan fingerprint density at radius 2 is 2.21 bits per heavy atom. The van der Waals surface area contributed by atoms with Gasteiger partial charge in [-0.25, -0.2) is 9.10 Å². The predicted octanol–water partition coefficient (Wildman–Crippen LogP) is 4.49. The van der Waals surface area contributed by atoms with E-state index in [1.807, 2.05) is 17.5 Å². The molecule has 0 aliphatic rings. The summed E-state index contributed by atoms with van der Waals surface area (Å²) in [4.78, 5) is 17.5. The van der Waals surface area contributed by atoms with E-state index >= 15 is 0 Å². The van der Waals surface area contributed by atoms with Gasteiger partial charge in [-0.05, 0) is 36.4 Å². The molecule has 0 aliphatic heterocycles. The van der Waals surface area contributed by atoms with Crippen molar-refractivity contribution in [1.82, 2.24) is 14.8 Å². The summed E-state index contributed by atoms with van der Waals surface area (Å²) < 4.78 is 2.58. The van der Waals surface area contributed by atoms with Gasteiger partial charge in [0.05, 0.1) is 18.1 Å². The van der Waals surface area contributed by atoms with Gasteiger partial charge in [0.15, 0.2) is 5.15 Å². The molecule has 0 unspecified atom stereocenters. The fourth-order valence-corrected chi connectivity index (χ4v) is 3.42. The second-order valence-corrected chi connectivity index (χ2v) is 6.80. The first-order chi connectivity index (χ1) is 11.6. The first kappa shape index (κ1) is 17.0. The van der Waals surface area contributed by atoms with Crippen LogP contribution in [0, 0.1) is 0 Å². The smallest absolute Gasteiger partial charge is 0.241 e. The van der Waals surface area contributed by atoms with E-state index < -0.39 is 0 Å². The molecule has 3 aromatic heterocycles. The quantitative estimate of drug-likeness (QED) is 0.591. The molecule has 0 aliphatic carbocycles. The van der Waals surface area contributed by atoms with Gasteiger partial charge < -0.3 is 0 Å². The average Bonchev–Trinajstić information content (AvgIpc) is 3.24. The number of hydrogen-bond donors (Lipinski definition) is 0. The van der Waals surface area contributed by atoms with E-state index in [0.29, 0.717) is 12.1 Å². The van der Waals surface area contributed by atoms with E-state index in [-0.39, 0.29) is 11.1 Å². The fraction of sp³-hybridized carbons (Fsp3) is 0.188. The van der Waals surface area contributed by atoms with Gasteiger partial charge >= 0.3 is 0 Å². The van der Waals surface area contributed by atoms with Crippen LogP contribution in [0.5, 0.6) is 0 Å². The first-order valence-corrected chi connectivity index (χ1v) is 8.91. The molecular weight excluding hydrogens is 367 g/mol. The van der Waals surface area contributed by atoms with Crippen LogP contribution in [-0.2, 0) is 11.2 Å². The highest BCUT2D eigenvalue weighted by molar-refractivity contribution is 7.09. The van der Waals surface area contributed by atoms with E-state index in [1.54, 1.807) is 40.7 Å². The molecule has 0 N–H and O–H groups in total. The number of pyridine rings is 1. The van der Waals surface area contributed by atoms with Crippen LogP contribution in [0.2, 0.25) is 5.15 Å². The van der Waals surface area contributed by atoms with Crippen molar-refractivity contribution >= 4 is 46.3 Å². The Hall–Kier alpha value is -1.89. The maximum absolute atomic E-state index is 12.3. The molecule has 0 fully saturated rings. The van der Waals surface area contributed by atoms with E-state index in [0.717, 1.165) is 22.9 Å². The molecule has 1 amide bonds. The molecule has 0 radical (unpaired) electrons. The van der Waals surface area contributed by atoms with Crippen LogP contribution in [0.25, 0.3) is 5.69 Å². The van der Waals surface area contributed by atoms with Crippen LogP contribution in [0.1, 0.15) is 17.7 Å². The van der Waals surface area contributed by atoms with Crippen LogP contribution in [0.15, 0.2) is 48.2 Å². The second-order valence-electron chi connectivity index (χ2n) is 5.07. The normalized spacial score (nSPS) is 10.8. The lowest BCUT2D eigenvalue weighted by Gasteiger charge is -2.11. The van der Waals surface area contributed by atoms with Gasteiger partial charge in [-0.2, -0.15) is 5.10 Å². The Balaban J connectivity index is 1.64. The van der Waals surface area contributed by atoms with Gasteiger partial charge in [0.2, 0.25) is 5.91 Å². The predicted molar refractivity (Wildman–Crippen MR) is 97.0 cm³/mol. The zero-order valence-electron chi connectivity index (χ0n) is 12.6. The summed E-state index contributed by atoms with van der Waals surface area (Å²) in [7, 11) is 0. The van der Waals surface area contributed by atoms with Crippen LogP contribution in [-0.4, -0.2) is 20.7 Å². The van der Waals surface area contributed by atoms with E-state index in [4.69, 9.17) is 23.4 Å². The largest absolute Gasteiger partial charge is 0.273 e. The molecule has 5 nitrogen and oxygen atoms in total. The third kappa shape index (κ3) is 3.95. The molecule has 124 valence electrons. The number of amides is 1. The van der Waals surface area contributed by atoms with Crippen molar-refractivity contribution in [2.75, 3.05) is 4.42 Å². The zero-order valence-corrected chi connectivity index (χ0v) is 14.9. The van der Waals surface area contributed by atoms with Crippen LogP contribution in [0.4, 0.5) is 5.69 Å². The topological polar surface area (TPSA) is 51.0 Å². The number of carbonyl (C=O) groups excluding carboxylic acids is 1. The summed E-state index contributed by atoms with van der Waals surface area (Å²) in [5.74, 6) is -0.208. The third-order valence-corrected chi connectivity index (χ3v) is 4.96. The molecule has 0 bridgehead atoms. The van der Waals surface area contributed by atoms with Gasteiger partial charge in [0.25, 0.3) is 0 Å². The molecule has 0 spiro atoms. The van der Waals surface area contributed by atoms with E-state index in [9.17, 15) is 4.79 Å². The molecule has 8 heteroatoms. The van der Waals surface area contributed by atoms with Crippen LogP contribution < -0.4 is 4.42 Å². The van der Waals surface area contributed by atoms with Crippen molar-refractivity contribution in [3.05, 3.63) is 58.3 Å². The molecule has 3 aromatic rings. The highest BCUT2D eigenvalue weighted by Crippen LogP contribution is 2.28. The van der Waals surface area contributed by atoms with Crippen LogP contribution in [0.3, 0.4) is 0 Å². The summed E-state index contributed by atoms with van der Waals surface area (Å²) in [6.07, 6.45) is 6.86. The monoisotopic (exact) mass is 380 g/mol. The molecule has 0 atom stereocenters. The Morgan fingerprint density at radius 1 is 1.33 bits per heavy atom. The summed E-state index contributed by atoms with van der Waals surface area (Å²) in [5, 5.41) is 6.36. The van der Waals surface area contributed by atoms with E-state index in [1.165, 1.54) is 4.88 Å². The maximum atomic E-state index is 12.3. The number of aryl methyl sites for hydroxylation is 1. The van der Waals surface area contributed by atoms with Crippen molar-refractivity contribution in [2.24, 2.45) is 0 Å². The molecule has 3 heterocycles. The lowest BCUT2D eigenvalue weighted by Crippen LogP contribution is -2.20. The lowest BCUT2D eigenvalue weighted by atomic mass is 10.2. The van der Waals surface area contributed by atoms with Gasteiger partial charge in [-0.1, -0.05) is 17.7 Å². The van der Waals surface area contributed by atoms with Crippen molar-refractivity contribution < 1.29 is 4.79 Å². The number of aromatic nitrogens is 3. The summed E-state index contributed by atoms with van der Waals surface area (Å²) in [6.45, 7) is 0. The molecule has 24 heavy (non-hydrogen) atoms. The molecule has 3 rings (SSSR count). The van der Waals surface area contributed by atoms with Gasteiger partial charge in [0.1, 0.15) is 5.69 Å². The van der Waals surface area contributed by atoms with Gasteiger partial charge in [-0.15, -0.1) is 11.3 Å². The Morgan fingerprint density at radius 3 is 2.92 bits per heavy atom. The number of anilines is 1. The fourth-order valence-electron chi connectivity index (χ4n) is 2.20. The van der Waals surface area contributed by atoms with Crippen molar-refractivity contribution in [2.45, 2.75) is 19.3 Å². The minimum absolute atomic E-state index is 0.167. The Bertz CT molecular complexity index is 805. The van der Waals surface area contributed by atoms with Crippen molar-refractivity contribution in [3.8, 4) is 5.69 Å². The van der Waals surface area contributed by atoms with Crippen molar-refractivity contribution in [1.29, 1.82) is 0 Å². The van der Waals surface area contributed by atoms with Crippen LogP contribution >= 0.6 is 34.7 Å². The molecular formula is C16H14Cl2N4OS. The first-order valence-electron chi connectivity index (χ1n) is 7.32. The number of thiophene rings is 1. The Labute approximate surface area is 153 Å². The number of halogens is 2. The molecule has 0 aromatic carbocycles. The molecule has 0 saturated heterocycles. The van der Waals surface area contributed by atoms with Crippen molar-refractivity contribution in [3.63, 3.8) is 0 Å². The minimum atomic E-state index is -0.208. The summed E-state index contributed by atoms with van der Waals surface area (Å²) in [6, 6.07) is 7.69. The highest BCUT2D eigenvalue weighted by atomic mass is 35.5. The number of carbonyl (C=O) groups is 1. The highest BCUT2D eigenvalue weighted by Gasteiger charge is 2.20. The minimum Gasteiger partial charge on any atom is -0.273 e. The SMILES string of the molecule is O=C(CCCc1cccs1)N(Cl)c1cn(-c2cccnc2)nc1Cl. The number of rotatable bonds is 6. The van der Waals surface area contributed by atoms with E-state index in [2.05, 4.69) is 16.1 Å². The Kier molecular flexibility index (Phi) is 5.50. The zero-order chi connectivity index (χ0) is 16.9. The lowest BCUT2D eigenvalue weighted by molar-refractivity contribution is -0.117.